The van der Waals surface area contributed by atoms with Crippen LogP contribution in [0.2, 0.25) is 0 Å². The van der Waals surface area contributed by atoms with Gasteiger partial charge in [-0.2, -0.15) is 0 Å². The van der Waals surface area contributed by atoms with Crippen LogP contribution in [0.25, 0.3) is 10.9 Å². The van der Waals surface area contributed by atoms with Gasteiger partial charge in [-0.15, -0.1) is 5.10 Å². The van der Waals surface area contributed by atoms with Gasteiger partial charge in [0.05, 0.1) is 6.54 Å². The molecule has 0 unspecified atom stereocenters. The van der Waals surface area contributed by atoms with E-state index in [1.165, 1.54) is 0 Å². The molecule has 0 spiro atoms. The second-order valence-corrected chi connectivity index (χ2v) is 8.70. The minimum absolute atomic E-state index is 0.0939. The van der Waals surface area contributed by atoms with Crippen LogP contribution < -0.4 is 5.56 Å². The Morgan fingerprint density at radius 2 is 1.82 bits per heavy atom. The fourth-order valence-electron chi connectivity index (χ4n) is 4.66. The molecule has 1 fully saturated rings. The highest BCUT2D eigenvalue weighted by atomic mass is 16.1. The van der Waals surface area contributed by atoms with Crippen molar-refractivity contribution < 1.29 is 0 Å². The van der Waals surface area contributed by atoms with Crippen molar-refractivity contribution in [3.05, 3.63) is 87.5 Å². The van der Waals surface area contributed by atoms with E-state index in [0.717, 1.165) is 54.8 Å². The van der Waals surface area contributed by atoms with E-state index in [1.807, 2.05) is 41.1 Å². The van der Waals surface area contributed by atoms with Crippen molar-refractivity contribution in [2.75, 3.05) is 32.7 Å². The van der Waals surface area contributed by atoms with Crippen molar-refractivity contribution in [1.29, 1.82) is 0 Å². The molecule has 1 aliphatic heterocycles. The lowest BCUT2D eigenvalue weighted by Gasteiger charge is -2.38. The molecule has 1 aliphatic rings. The van der Waals surface area contributed by atoms with Crippen LogP contribution in [0, 0.1) is 6.92 Å². The molecule has 3 heterocycles. The number of pyridine rings is 1. The predicted molar refractivity (Wildman–Crippen MR) is 128 cm³/mol. The van der Waals surface area contributed by atoms with Crippen molar-refractivity contribution >= 4 is 10.9 Å². The normalized spacial score (nSPS) is 16.3. The minimum Gasteiger partial charge on any atom is -0.322 e. The smallest absolute Gasteiger partial charge is 0.253 e. The number of likely N-dealkylation sites (N-methyl/N-ethyl adjacent to an activating group) is 1. The Hall–Kier alpha value is -3.36. The molecule has 2 aromatic heterocycles. The summed E-state index contributed by atoms with van der Waals surface area (Å²) in [5.41, 5.74) is 3.70. The third kappa shape index (κ3) is 4.44. The van der Waals surface area contributed by atoms with Crippen molar-refractivity contribution in [2.24, 2.45) is 0 Å². The summed E-state index contributed by atoms with van der Waals surface area (Å²) in [7, 11) is 0. The van der Waals surface area contributed by atoms with Crippen molar-refractivity contribution in [3.8, 4) is 0 Å². The van der Waals surface area contributed by atoms with Crippen LogP contribution in [-0.2, 0) is 6.54 Å². The SMILES string of the molecule is CCN1CCN([C@@H](c2cc3cc(C)ccc3[nH]c2=O)c2nnnn2Cc2ccccc2)CC1. The molecule has 0 aliphatic carbocycles. The fraction of sp³-hybridized carbons (Fsp3) is 0.360. The van der Waals surface area contributed by atoms with E-state index in [4.69, 9.17) is 0 Å². The summed E-state index contributed by atoms with van der Waals surface area (Å²) in [6.45, 7) is 9.44. The average Bonchev–Trinajstić information content (AvgIpc) is 3.28. The molecule has 1 atom stereocenters. The second kappa shape index (κ2) is 9.25. The predicted octanol–water partition coefficient (Wildman–Crippen LogP) is 2.60. The lowest BCUT2D eigenvalue weighted by Crippen LogP contribution is -2.49. The maximum Gasteiger partial charge on any atom is 0.253 e. The first-order valence-corrected chi connectivity index (χ1v) is 11.5. The molecule has 5 rings (SSSR count). The molecule has 4 aromatic rings. The summed E-state index contributed by atoms with van der Waals surface area (Å²) in [6, 6.07) is 17.9. The first-order chi connectivity index (χ1) is 16.1. The Morgan fingerprint density at radius 3 is 2.58 bits per heavy atom. The highest BCUT2D eigenvalue weighted by molar-refractivity contribution is 5.79. The number of fused-ring (bicyclic) bond motifs is 1. The van der Waals surface area contributed by atoms with Crippen LogP contribution in [0.4, 0.5) is 0 Å². The van der Waals surface area contributed by atoms with Crippen LogP contribution in [0.1, 0.15) is 35.5 Å². The molecule has 0 saturated carbocycles. The molecule has 8 nitrogen and oxygen atoms in total. The van der Waals surface area contributed by atoms with Crippen LogP contribution in [0.5, 0.6) is 0 Å². The molecule has 0 radical (unpaired) electrons. The maximum atomic E-state index is 13.3. The van der Waals surface area contributed by atoms with E-state index in [2.05, 4.69) is 62.4 Å². The number of nitrogens with zero attached hydrogens (tertiary/aromatic N) is 6. The summed E-state index contributed by atoms with van der Waals surface area (Å²) in [5, 5.41) is 13.8. The monoisotopic (exact) mass is 443 g/mol. The highest BCUT2D eigenvalue weighted by Crippen LogP contribution is 2.28. The van der Waals surface area contributed by atoms with Gasteiger partial charge in [-0.05, 0) is 53.0 Å². The standard InChI is InChI=1S/C25H29N7O/c1-3-30-11-13-31(14-12-30)23(21-16-20-15-18(2)9-10-22(20)26-25(21)33)24-27-28-29-32(24)17-19-7-5-4-6-8-19/h4-10,15-16,23H,3,11-14,17H2,1-2H3,(H,26,33)/t23-/m0/s1. The number of H-pyrrole nitrogens is 1. The molecule has 0 amide bonds. The van der Waals surface area contributed by atoms with E-state index < -0.39 is 0 Å². The lowest BCUT2D eigenvalue weighted by atomic mass is 10.0. The van der Waals surface area contributed by atoms with Gasteiger partial charge in [-0.1, -0.05) is 48.9 Å². The zero-order chi connectivity index (χ0) is 22.8. The fourth-order valence-corrected chi connectivity index (χ4v) is 4.66. The van der Waals surface area contributed by atoms with E-state index in [1.54, 1.807) is 0 Å². The first-order valence-electron chi connectivity index (χ1n) is 11.5. The van der Waals surface area contributed by atoms with Gasteiger partial charge in [0, 0.05) is 37.3 Å². The lowest BCUT2D eigenvalue weighted by molar-refractivity contribution is 0.108. The van der Waals surface area contributed by atoms with Gasteiger partial charge >= 0.3 is 0 Å². The zero-order valence-corrected chi connectivity index (χ0v) is 19.1. The molecular formula is C25H29N7O. The van der Waals surface area contributed by atoms with Crippen LogP contribution in [-0.4, -0.2) is 67.7 Å². The van der Waals surface area contributed by atoms with Gasteiger partial charge in [-0.25, -0.2) is 4.68 Å². The van der Waals surface area contributed by atoms with E-state index in [-0.39, 0.29) is 11.6 Å². The number of hydrogen-bond acceptors (Lipinski definition) is 6. The number of aryl methyl sites for hydroxylation is 1. The molecule has 1 N–H and O–H groups in total. The number of rotatable bonds is 6. The summed E-state index contributed by atoms with van der Waals surface area (Å²) in [6.07, 6.45) is 0. The zero-order valence-electron chi connectivity index (χ0n) is 19.1. The van der Waals surface area contributed by atoms with E-state index in [0.29, 0.717) is 17.9 Å². The molecule has 2 aromatic carbocycles. The number of aromatic amines is 1. The Bertz CT molecular complexity index is 1290. The van der Waals surface area contributed by atoms with Gasteiger partial charge in [0.15, 0.2) is 5.82 Å². The number of benzene rings is 2. The van der Waals surface area contributed by atoms with Gasteiger partial charge in [-0.3, -0.25) is 9.69 Å². The van der Waals surface area contributed by atoms with Crippen LogP contribution in [0.3, 0.4) is 0 Å². The van der Waals surface area contributed by atoms with E-state index >= 15 is 0 Å². The minimum atomic E-state index is -0.323. The molecule has 1 saturated heterocycles. The third-order valence-electron chi connectivity index (χ3n) is 6.52. The second-order valence-electron chi connectivity index (χ2n) is 8.70. The summed E-state index contributed by atoms with van der Waals surface area (Å²) < 4.78 is 1.83. The molecule has 8 heteroatoms. The Balaban J connectivity index is 1.60. The summed E-state index contributed by atoms with van der Waals surface area (Å²) in [4.78, 5) is 21.2. The summed E-state index contributed by atoms with van der Waals surface area (Å²) in [5.74, 6) is 0.696. The largest absolute Gasteiger partial charge is 0.322 e. The van der Waals surface area contributed by atoms with Crippen molar-refractivity contribution in [3.63, 3.8) is 0 Å². The Labute approximate surface area is 192 Å². The van der Waals surface area contributed by atoms with Crippen LogP contribution in [0.15, 0.2) is 59.4 Å². The number of nitrogens with one attached hydrogen (secondary N) is 1. The Kier molecular flexibility index (Phi) is 6.02. The number of tetrazole rings is 1. The number of aromatic nitrogens is 5. The maximum absolute atomic E-state index is 13.3. The van der Waals surface area contributed by atoms with Crippen molar-refractivity contribution in [1.82, 2.24) is 35.0 Å². The van der Waals surface area contributed by atoms with Crippen LogP contribution >= 0.6 is 0 Å². The van der Waals surface area contributed by atoms with E-state index in [9.17, 15) is 4.79 Å². The topological polar surface area (TPSA) is 82.9 Å². The summed E-state index contributed by atoms with van der Waals surface area (Å²) >= 11 is 0. The van der Waals surface area contributed by atoms with Gasteiger partial charge < -0.3 is 9.88 Å². The quantitative estimate of drug-likeness (QED) is 0.493. The first kappa shape index (κ1) is 21.5. The number of hydrogen-bond donors (Lipinski definition) is 1. The molecule has 33 heavy (non-hydrogen) atoms. The average molecular weight is 444 g/mol. The number of piperazine rings is 1. The molecular weight excluding hydrogens is 414 g/mol. The van der Waals surface area contributed by atoms with Gasteiger partial charge in [0.2, 0.25) is 0 Å². The highest BCUT2D eigenvalue weighted by Gasteiger charge is 2.32. The van der Waals surface area contributed by atoms with Gasteiger partial charge in [0.1, 0.15) is 6.04 Å². The molecule has 0 bridgehead atoms. The van der Waals surface area contributed by atoms with Gasteiger partial charge in [0.25, 0.3) is 5.56 Å². The van der Waals surface area contributed by atoms with Crippen molar-refractivity contribution in [2.45, 2.75) is 26.4 Å². The Morgan fingerprint density at radius 1 is 1.03 bits per heavy atom. The molecule has 170 valence electrons. The third-order valence-corrected chi connectivity index (χ3v) is 6.52.